The Kier molecular flexibility index (Phi) is 3.05. The summed E-state index contributed by atoms with van der Waals surface area (Å²) < 4.78 is 38.8. The maximum absolute atomic E-state index is 13.0. The van der Waals surface area contributed by atoms with Crippen molar-refractivity contribution < 1.29 is 13.2 Å². The number of nitrogens with zero attached hydrogens (tertiary/aromatic N) is 1. The fourth-order valence-corrected chi connectivity index (χ4v) is 1.97. The Morgan fingerprint density at radius 1 is 1.19 bits per heavy atom. The molecule has 5 heteroatoms. The average Bonchev–Trinajstić information content (AvgIpc) is 2.25. The van der Waals surface area contributed by atoms with E-state index in [1.165, 1.54) is 0 Å². The first-order chi connectivity index (χ1) is 7.58. The zero-order chi connectivity index (χ0) is 11.7. The number of hydrogen-bond acceptors (Lipinski definition) is 2. The van der Waals surface area contributed by atoms with E-state index in [1.807, 2.05) is 0 Å². The molecule has 1 aliphatic heterocycles. The Bertz CT molecular complexity index is 372. The third kappa shape index (κ3) is 2.14. The lowest BCUT2D eigenvalue weighted by Crippen LogP contribution is -2.42. The van der Waals surface area contributed by atoms with Gasteiger partial charge in [0.15, 0.2) is 17.5 Å². The van der Waals surface area contributed by atoms with Gasteiger partial charge in [0.05, 0.1) is 0 Å². The third-order valence-electron chi connectivity index (χ3n) is 2.79. The summed E-state index contributed by atoms with van der Waals surface area (Å²) in [4.78, 5) is 1.78. The van der Waals surface area contributed by atoms with Crippen molar-refractivity contribution in [2.45, 2.75) is 18.9 Å². The summed E-state index contributed by atoms with van der Waals surface area (Å²) in [6.45, 7) is 1.24. The van der Waals surface area contributed by atoms with Crippen LogP contribution in [0.3, 0.4) is 0 Å². The van der Waals surface area contributed by atoms with Gasteiger partial charge in [-0.15, -0.1) is 0 Å². The molecule has 1 heterocycles. The van der Waals surface area contributed by atoms with Crippen molar-refractivity contribution in [2.75, 3.05) is 18.0 Å². The minimum Gasteiger partial charge on any atom is -0.370 e. The number of halogens is 3. The SMILES string of the molecule is NC1CCCN(c2cc(F)c(F)c(F)c2)C1. The van der Waals surface area contributed by atoms with Crippen molar-refractivity contribution in [1.29, 1.82) is 0 Å². The Morgan fingerprint density at radius 3 is 2.38 bits per heavy atom. The average molecular weight is 230 g/mol. The number of nitrogens with two attached hydrogens (primary N) is 1. The highest BCUT2D eigenvalue weighted by Gasteiger charge is 2.19. The quantitative estimate of drug-likeness (QED) is 0.748. The summed E-state index contributed by atoms with van der Waals surface area (Å²) in [5, 5.41) is 0. The Balaban J connectivity index is 2.26. The molecule has 2 rings (SSSR count). The van der Waals surface area contributed by atoms with E-state index in [0.717, 1.165) is 25.0 Å². The van der Waals surface area contributed by atoms with E-state index in [-0.39, 0.29) is 6.04 Å². The van der Waals surface area contributed by atoms with E-state index in [0.29, 0.717) is 18.8 Å². The van der Waals surface area contributed by atoms with E-state index in [2.05, 4.69) is 0 Å². The van der Waals surface area contributed by atoms with Crippen LogP contribution in [0.5, 0.6) is 0 Å². The molecule has 2 N–H and O–H groups in total. The van der Waals surface area contributed by atoms with Gasteiger partial charge in [0.2, 0.25) is 0 Å². The molecular weight excluding hydrogens is 217 g/mol. The number of anilines is 1. The van der Waals surface area contributed by atoms with E-state index < -0.39 is 17.5 Å². The second-order valence-corrected chi connectivity index (χ2v) is 4.07. The molecule has 0 aromatic heterocycles. The maximum atomic E-state index is 13.0. The van der Waals surface area contributed by atoms with Crippen LogP contribution < -0.4 is 10.6 Å². The van der Waals surface area contributed by atoms with Gasteiger partial charge >= 0.3 is 0 Å². The van der Waals surface area contributed by atoms with Crippen LogP contribution in [0.4, 0.5) is 18.9 Å². The summed E-state index contributed by atoms with van der Waals surface area (Å²) >= 11 is 0. The highest BCUT2D eigenvalue weighted by Crippen LogP contribution is 2.23. The largest absolute Gasteiger partial charge is 0.370 e. The first-order valence-corrected chi connectivity index (χ1v) is 5.23. The Morgan fingerprint density at radius 2 is 1.81 bits per heavy atom. The highest BCUT2D eigenvalue weighted by molar-refractivity contribution is 5.47. The number of rotatable bonds is 1. The minimum atomic E-state index is -1.43. The molecule has 0 bridgehead atoms. The van der Waals surface area contributed by atoms with Crippen LogP contribution in [0.15, 0.2) is 12.1 Å². The molecule has 1 saturated heterocycles. The molecule has 1 aromatic carbocycles. The van der Waals surface area contributed by atoms with Gasteiger partial charge in [0, 0.05) is 37.0 Å². The standard InChI is InChI=1S/C11H13F3N2/c12-9-4-8(5-10(13)11(9)14)16-3-1-2-7(15)6-16/h4-5,7H,1-3,6,15H2. The first-order valence-electron chi connectivity index (χ1n) is 5.23. The summed E-state index contributed by atoms with van der Waals surface area (Å²) in [7, 11) is 0. The van der Waals surface area contributed by atoms with E-state index in [1.54, 1.807) is 4.90 Å². The molecule has 1 fully saturated rings. The molecule has 0 radical (unpaired) electrons. The Hall–Kier alpha value is -1.23. The fourth-order valence-electron chi connectivity index (χ4n) is 1.97. The van der Waals surface area contributed by atoms with Crippen LogP contribution in [-0.2, 0) is 0 Å². The van der Waals surface area contributed by atoms with E-state index in [4.69, 9.17) is 5.73 Å². The molecule has 1 atom stereocenters. The van der Waals surface area contributed by atoms with Crippen LogP contribution in [0.2, 0.25) is 0 Å². The normalized spacial score (nSPS) is 21.2. The van der Waals surface area contributed by atoms with Crippen LogP contribution in [-0.4, -0.2) is 19.1 Å². The van der Waals surface area contributed by atoms with Crippen LogP contribution >= 0.6 is 0 Å². The van der Waals surface area contributed by atoms with E-state index >= 15 is 0 Å². The van der Waals surface area contributed by atoms with Gasteiger partial charge < -0.3 is 10.6 Å². The van der Waals surface area contributed by atoms with Gasteiger partial charge in [-0.05, 0) is 12.8 Å². The molecule has 0 spiro atoms. The second kappa shape index (κ2) is 4.33. The molecule has 0 saturated carbocycles. The maximum Gasteiger partial charge on any atom is 0.194 e. The van der Waals surface area contributed by atoms with Gasteiger partial charge in [-0.2, -0.15) is 0 Å². The molecule has 1 aliphatic rings. The van der Waals surface area contributed by atoms with Crippen LogP contribution in [0, 0.1) is 17.5 Å². The van der Waals surface area contributed by atoms with Gasteiger partial charge in [-0.25, -0.2) is 13.2 Å². The smallest absolute Gasteiger partial charge is 0.194 e. The molecular formula is C11H13F3N2. The lowest BCUT2D eigenvalue weighted by atomic mass is 10.1. The zero-order valence-electron chi connectivity index (χ0n) is 8.72. The van der Waals surface area contributed by atoms with Gasteiger partial charge in [-0.3, -0.25) is 0 Å². The zero-order valence-corrected chi connectivity index (χ0v) is 8.72. The van der Waals surface area contributed by atoms with Crippen LogP contribution in [0.1, 0.15) is 12.8 Å². The molecule has 16 heavy (non-hydrogen) atoms. The summed E-state index contributed by atoms with van der Waals surface area (Å²) in [5.74, 6) is -3.74. The molecule has 2 nitrogen and oxygen atoms in total. The van der Waals surface area contributed by atoms with Crippen molar-refractivity contribution in [2.24, 2.45) is 5.73 Å². The van der Waals surface area contributed by atoms with Gasteiger partial charge in [0.1, 0.15) is 0 Å². The summed E-state index contributed by atoms with van der Waals surface area (Å²) in [6.07, 6.45) is 1.78. The van der Waals surface area contributed by atoms with Gasteiger partial charge in [0.25, 0.3) is 0 Å². The molecule has 1 aromatic rings. The minimum absolute atomic E-state index is 0.00456. The molecule has 1 unspecified atom stereocenters. The second-order valence-electron chi connectivity index (χ2n) is 4.07. The van der Waals surface area contributed by atoms with Crippen molar-refractivity contribution in [1.82, 2.24) is 0 Å². The van der Waals surface area contributed by atoms with Crippen molar-refractivity contribution in [3.63, 3.8) is 0 Å². The van der Waals surface area contributed by atoms with Crippen molar-refractivity contribution >= 4 is 5.69 Å². The number of benzene rings is 1. The highest BCUT2D eigenvalue weighted by atomic mass is 19.2. The summed E-state index contributed by atoms with van der Waals surface area (Å²) in [5.41, 5.74) is 6.12. The lowest BCUT2D eigenvalue weighted by molar-refractivity contribution is 0.444. The molecule has 0 aliphatic carbocycles. The van der Waals surface area contributed by atoms with Gasteiger partial charge in [-0.1, -0.05) is 0 Å². The van der Waals surface area contributed by atoms with Crippen LogP contribution in [0.25, 0.3) is 0 Å². The fraction of sp³-hybridized carbons (Fsp3) is 0.455. The number of hydrogen-bond donors (Lipinski definition) is 1. The Labute approximate surface area is 91.8 Å². The molecule has 0 amide bonds. The third-order valence-corrected chi connectivity index (χ3v) is 2.79. The lowest BCUT2D eigenvalue weighted by Gasteiger charge is -2.32. The predicted octanol–water partition coefficient (Wildman–Crippen LogP) is 2.03. The van der Waals surface area contributed by atoms with Crippen molar-refractivity contribution in [3.05, 3.63) is 29.6 Å². The monoisotopic (exact) mass is 230 g/mol. The van der Waals surface area contributed by atoms with E-state index in [9.17, 15) is 13.2 Å². The summed E-state index contributed by atoms with van der Waals surface area (Å²) in [6, 6.07) is 2.03. The first kappa shape index (κ1) is 11.3. The number of piperidine rings is 1. The van der Waals surface area contributed by atoms with Crippen molar-refractivity contribution in [3.8, 4) is 0 Å². The molecule has 88 valence electrons. The topological polar surface area (TPSA) is 29.3 Å². The predicted molar refractivity (Wildman–Crippen MR) is 55.7 cm³/mol.